The van der Waals surface area contributed by atoms with Gasteiger partial charge in [-0.15, -0.1) is 11.1 Å². The molecule has 0 N–H and O–H groups in total. The summed E-state index contributed by atoms with van der Waals surface area (Å²) in [4.78, 5) is 0. The molecule has 0 fully saturated rings. The Morgan fingerprint density at radius 3 is 0.975 bits per heavy atom. The minimum Gasteiger partial charge on any atom is -0.126 e. The molecule has 0 radical (unpaired) electrons. The molecule has 0 aromatic heterocycles. The highest BCUT2D eigenvalue weighted by molar-refractivity contribution is 6.87. The summed E-state index contributed by atoms with van der Waals surface area (Å²) in [5.41, 5.74) is 9.94. The fourth-order valence-electron chi connectivity index (χ4n) is 6.13. The average Bonchev–Trinajstić information content (AvgIpc) is 3.00. The first-order valence-corrected chi connectivity index (χ1v) is 20.6. The fraction of sp³-hybridized carbons (Fsp3) is 0.316. The molecule has 202 valence electrons. The maximum absolute atomic E-state index is 3.85. The summed E-state index contributed by atoms with van der Waals surface area (Å²) in [6.07, 6.45) is 0. The Morgan fingerprint density at radius 1 is 0.400 bits per heavy atom. The van der Waals surface area contributed by atoms with Crippen molar-refractivity contribution in [2.24, 2.45) is 0 Å². The summed E-state index contributed by atoms with van der Waals surface area (Å²) in [5, 5.41) is 10.2. The topological polar surface area (TPSA) is 0 Å². The van der Waals surface area contributed by atoms with Gasteiger partial charge in [0.1, 0.15) is 16.1 Å². The van der Waals surface area contributed by atoms with Crippen molar-refractivity contribution in [3.8, 4) is 22.9 Å². The van der Waals surface area contributed by atoms with E-state index in [1.807, 2.05) is 0 Å². The molecule has 2 heteroatoms. The third-order valence-electron chi connectivity index (χ3n) is 9.74. The van der Waals surface area contributed by atoms with Gasteiger partial charge in [-0.25, -0.2) is 0 Å². The molecule has 0 aliphatic heterocycles. The quantitative estimate of drug-likeness (QED) is 0.111. The molecular formula is C38H42Si2. The van der Waals surface area contributed by atoms with Gasteiger partial charge in [-0.3, -0.25) is 0 Å². The van der Waals surface area contributed by atoms with E-state index in [1.54, 1.807) is 0 Å². The van der Waals surface area contributed by atoms with E-state index in [4.69, 9.17) is 0 Å². The van der Waals surface area contributed by atoms with Gasteiger partial charge >= 0.3 is 0 Å². The molecular weight excluding hydrogens is 513 g/mol. The van der Waals surface area contributed by atoms with Crippen LogP contribution in [0.25, 0.3) is 43.1 Å². The lowest BCUT2D eigenvalue weighted by atomic mass is 9.95. The average molecular weight is 555 g/mol. The molecule has 40 heavy (non-hydrogen) atoms. The van der Waals surface area contributed by atoms with Crippen LogP contribution >= 0.6 is 0 Å². The van der Waals surface area contributed by atoms with Crippen molar-refractivity contribution in [3.05, 3.63) is 83.9 Å². The van der Waals surface area contributed by atoms with Crippen LogP contribution in [0.5, 0.6) is 0 Å². The number of fused-ring (bicyclic) bond motifs is 4. The Bertz CT molecular complexity index is 1680. The highest BCUT2D eigenvalue weighted by atomic mass is 28.3. The van der Waals surface area contributed by atoms with Crippen molar-refractivity contribution >= 4 is 59.2 Å². The van der Waals surface area contributed by atoms with Crippen molar-refractivity contribution < 1.29 is 0 Å². The molecule has 0 heterocycles. The second-order valence-electron chi connectivity index (χ2n) is 11.5. The van der Waals surface area contributed by atoms with Crippen LogP contribution in [-0.2, 0) is 0 Å². The first kappa shape index (κ1) is 28.2. The molecule has 5 aromatic rings. The number of benzene rings is 5. The summed E-state index contributed by atoms with van der Waals surface area (Å²) in [6.45, 7) is 14.0. The Balaban J connectivity index is 1.73. The minimum atomic E-state index is -1.57. The lowest BCUT2D eigenvalue weighted by molar-refractivity contribution is 1.20. The van der Waals surface area contributed by atoms with Crippen LogP contribution in [0.4, 0.5) is 0 Å². The minimum absolute atomic E-state index is 1.12. The molecule has 0 spiro atoms. The second-order valence-corrected chi connectivity index (χ2v) is 21.4. The van der Waals surface area contributed by atoms with Crippen LogP contribution in [0.2, 0.25) is 36.3 Å². The molecule has 0 unspecified atom stereocenters. The number of hydrogen-bond acceptors (Lipinski definition) is 0. The van der Waals surface area contributed by atoms with Crippen LogP contribution in [0.3, 0.4) is 0 Å². The second kappa shape index (κ2) is 11.7. The maximum atomic E-state index is 3.85. The summed E-state index contributed by atoms with van der Waals surface area (Å²) in [5.74, 6) is 7.42. The molecule has 0 bridgehead atoms. The number of rotatable bonds is 6. The molecule has 0 aliphatic rings. The Hall–Kier alpha value is -3.31. The van der Waals surface area contributed by atoms with Gasteiger partial charge in [0.05, 0.1) is 0 Å². The lowest BCUT2D eigenvalue weighted by Crippen LogP contribution is -2.29. The molecule has 0 amide bonds. The SMILES string of the molecule is CC[Si](C#Cc1cc2cc3cc4cc5ccccc5cc4cc3cc2cc1C#C[Si](CC)(CC)CC)(CC)CC. The van der Waals surface area contributed by atoms with Crippen LogP contribution in [0.15, 0.2) is 72.8 Å². The van der Waals surface area contributed by atoms with Crippen molar-refractivity contribution in [1.29, 1.82) is 0 Å². The van der Waals surface area contributed by atoms with E-state index in [1.165, 1.54) is 79.4 Å². The van der Waals surface area contributed by atoms with E-state index < -0.39 is 16.1 Å². The van der Waals surface area contributed by atoms with Gasteiger partial charge in [0.15, 0.2) is 0 Å². The zero-order chi connectivity index (χ0) is 28.3. The third kappa shape index (κ3) is 5.36. The van der Waals surface area contributed by atoms with Crippen molar-refractivity contribution in [2.75, 3.05) is 0 Å². The molecule has 0 nitrogen and oxygen atoms in total. The van der Waals surface area contributed by atoms with Gasteiger partial charge in [-0.05, 0) is 128 Å². The highest BCUT2D eigenvalue weighted by Gasteiger charge is 2.25. The predicted octanol–water partition coefficient (Wildman–Crippen LogP) is 11.1. The molecule has 0 atom stereocenters. The lowest BCUT2D eigenvalue weighted by Gasteiger charge is -2.20. The van der Waals surface area contributed by atoms with Gasteiger partial charge < -0.3 is 0 Å². The predicted molar refractivity (Wildman–Crippen MR) is 185 cm³/mol. The molecule has 5 aromatic carbocycles. The monoisotopic (exact) mass is 554 g/mol. The van der Waals surface area contributed by atoms with E-state index in [-0.39, 0.29) is 0 Å². The summed E-state index contributed by atoms with van der Waals surface area (Å²) in [6, 6.07) is 34.6. The van der Waals surface area contributed by atoms with E-state index in [2.05, 4.69) is 137 Å². The zero-order valence-corrected chi connectivity index (χ0v) is 27.2. The van der Waals surface area contributed by atoms with Crippen molar-refractivity contribution in [1.82, 2.24) is 0 Å². The standard InChI is InChI=1S/C38H42Si2/c1-7-39(8-2,9-3)19-17-31-23-35-27-37-25-33-21-29-15-13-14-16-30(29)22-34(33)26-38(37)28-36(35)24-32(31)18-20-40(10-4,11-5)12-6/h13-16,21-28H,7-12H2,1-6H3. The van der Waals surface area contributed by atoms with Gasteiger partial charge in [-0.1, -0.05) is 77.6 Å². The summed E-state index contributed by atoms with van der Waals surface area (Å²) >= 11 is 0. The molecule has 0 saturated heterocycles. The zero-order valence-electron chi connectivity index (χ0n) is 25.2. The van der Waals surface area contributed by atoms with Crippen molar-refractivity contribution in [2.45, 2.75) is 77.8 Å². The van der Waals surface area contributed by atoms with Gasteiger partial charge in [0.25, 0.3) is 0 Å². The van der Waals surface area contributed by atoms with Crippen LogP contribution in [0.1, 0.15) is 52.7 Å². The summed E-state index contributed by atoms with van der Waals surface area (Å²) < 4.78 is 0. The summed E-state index contributed by atoms with van der Waals surface area (Å²) in [7, 11) is -3.14. The fourth-order valence-corrected chi connectivity index (χ4v) is 11.0. The van der Waals surface area contributed by atoms with Crippen LogP contribution in [-0.4, -0.2) is 16.1 Å². The van der Waals surface area contributed by atoms with E-state index in [9.17, 15) is 0 Å². The molecule has 0 saturated carbocycles. The Kier molecular flexibility index (Phi) is 8.23. The Labute approximate surface area is 243 Å². The van der Waals surface area contributed by atoms with Crippen LogP contribution in [0, 0.1) is 22.9 Å². The Morgan fingerprint density at radius 2 is 0.675 bits per heavy atom. The molecule has 5 rings (SSSR count). The maximum Gasteiger partial charge on any atom is 0.138 e. The van der Waals surface area contributed by atoms with Gasteiger partial charge in [0, 0.05) is 11.1 Å². The van der Waals surface area contributed by atoms with Crippen LogP contribution < -0.4 is 0 Å². The number of hydrogen-bond donors (Lipinski definition) is 0. The van der Waals surface area contributed by atoms with Gasteiger partial charge in [0.2, 0.25) is 0 Å². The largest absolute Gasteiger partial charge is 0.138 e. The highest BCUT2D eigenvalue weighted by Crippen LogP contribution is 2.31. The van der Waals surface area contributed by atoms with E-state index in [0.717, 1.165) is 11.1 Å². The van der Waals surface area contributed by atoms with E-state index >= 15 is 0 Å². The molecule has 0 aliphatic carbocycles. The first-order chi connectivity index (χ1) is 19.4. The van der Waals surface area contributed by atoms with Crippen molar-refractivity contribution in [3.63, 3.8) is 0 Å². The first-order valence-electron chi connectivity index (χ1n) is 15.3. The third-order valence-corrected chi connectivity index (χ3v) is 19.2. The smallest absolute Gasteiger partial charge is 0.126 e. The van der Waals surface area contributed by atoms with Gasteiger partial charge in [-0.2, -0.15) is 0 Å². The normalized spacial score (nSPS) is 11.9. The van der Waals surface area contributed by atoms with E-state index in [0.29, 0.717) is 0 Å².